The lowest BCUT2D eigenvalue weighted by molar-refractivity contribution is 0.0162. The SMILES string of the molecule is Cc1ccc(C(CNC(=O)c2sc(-c3ccsc3)nc2C)N2CCOCC2)cc1. The molecule has 1 fully saturated rings. The van der Waals surface area contributed by atoms with E-state index in [0.29, 0.717) is 11.4 Å². The second-order valence-corrected chi connectivity index (χ2v) is 9.01. The zero-order valence-corrected chi connectivity index (χ0v) is 18.3. The number of hydrogen-bond donors (Lipinski definition) is 1. The smallest absolute Gasteiger partial charge is 0.263 e. The van der Waals surface area contributed by atoms with Gasteiger partial charge in [0.05, 0.1) is 24.9 Å². The van der Waals surface area contributed by atoms with Gasteiger partial charge in [0.2, 0.25) is 0 Å². The van der Waals surface area contributed by atoms with Crippen molar-refractivity contribution >= 4 is 28.6 Å². The number of ether oxygens (including phenoxy) is 1. The average Bonchev–Trinajstić information content (AvgIpc) is 3.40. The van der Waals surface area contributed by atoms with E-state index in [1.165, 1.54) is 22.5 Å². The van der Waals surface area contributed by atoms with Crippen molar-refractivity contribution in [3.8, 4) is 10.6 Å². The number of amides is 1. The molecule has 1 amide bonds. The van der Waals surface area contributed by atoms with Crippen LogP contribution in [-0.4, -0.2) is 48.6 Å². The van der Waals surface area contributed by atoms with E-state index in [2.05, 4.69) is 51.8 Å². The molecule has 2 aromatic heterocycles. The van der Waals surface area contributed by atoms with Crippen LogP contribution in [0.3, 0.4) is 0 Å². The van der Waals surface area contributed by atoms with Crippen LogP contribution >= 0.6 is 22.7 Å². The van der Waals surface area contributed by atoms with Crippen LogP contribution in [0.15, 0.2) is 41.1 Å². The summed E-state index contributed by atoms with van der Waals surface area (Å²) in [6.45, 7) is 7.76. The van der Waals surface area contributed by atoms with Crippen LogP contribution in [0, 0.1) is 13.8 Å². The van der Waals surface area contributed by atoms with E-state index in [0.717, 1.165) is 42.6 Å². The molecule has 4 rings (SSSR count). The van der Waals surface area contributed by atoms with Gasteiger partial charge < -0.3 is 10.1 Å². The van der Waals surface area contributed by atoms with Gasteiger partial charge in [0.15, 0.2) is 0 Å². The average molecular weight is 428 g/mol. The van der Waals surface area contributed by atoms with E-state index in [4.69, 9.17) is 4.74 Å². The van der Waals surface area contributed by atoms with Crippen LogP contribution in [0.4, 0.5) is 0 Å². The highest BCUT2D eigenvalue weighted by atomic mass is 32.1. The topological polar surface area (TPSA) is 54.5 Å². The van der Waals surface area contributed by atoms with Crippen molar-refractivity contribution in [2.24, 2.45) is 0 Å². The van der Waals surface area contributed by atoms with Crippen LogP contribution < -0.4 is 5.32 Å². The Kier molecular flexibility index (Phi) is 6.40. The fourth-order valence-electron chi connectivity index (χ4n) is 3.52. The first-order valence-electron chi connectivity index (χ1n) is 9.78. The van der Waals surface area contributed by atoms with Crippen LogP contribution in [-0.2, 0) is 4.74 Å². The summed E-state index contributed by atoms with van der Waals surface area (Å²) in [5.74, 6) is -0.0492. The highest BCUT2D eigenvalue weighted by Crippen LogP contribution is 2.29. The number of nitrogens with zero attached hydrogens (tertiary/aromatic N) is 2. The largest absolute Gasteiger partial charge is 0.379 e. The van der Waals surface area contributed by atoms with Crippen molar-refractivity contribution in [1.29, 1.82) is 0 Å². The first kappa shape index (κ1) is 20.2. The molecular formula is C22H25N3O2S2. The fourth-order valence-corrected chi connectivity index (χ4v) is 5.22. The number of thiophene rings is 1. The Bertz CT molecular complexity index is 945. The van der Waals surface area contributed by atoms with Crippen LogP contribution in [0.1, 0.15) is 32.5 Å². The Labute approximate surface area is 179 Å². The standard InChI is InChI=1S/C22H25N3O2S2/c1-15-3-5-17(6-4-15)19(25-8-10-27-11-9-25)13-23-21(26)20-16(2)24-22(29-20)18-7-12-28-14-18/h3-7,12,14,19H,8-11,13H2,1-2H3,(H,23,26). The lowest BCUT2D eigenvalue weighted by Gasteiger charge is -2.35. The molecule has 0 aliphatic carbocycles. The predicted octanol–water partition coefficient (Wildman–Crippen LogP) is 4.29. The molecule has 5 nitrogen and oxygen atoms in total. The number of nitrogens with one attached hydrogen (secondary N) is 1. The van der Waals surface area contributed by atoms with Crippen molar-refractivity contribution in [1.82, 2.24) is 15.2 Å². The maximum Gasteiger partial charge on any atom is 0.263 e. The van der Waals surface area contributed by atoms with Crippen molar-refractivity contribution in [3.63, 3.8) is 0 Å². The van der Waals surface area contributed by atoms with Gasteiger partial charge in [-0.3, -0.25) is 9.69 Å². The number of carbonyl (C=O) groups is 1. The molecule has 1 aliphatic heterocycles. The van der Waals surface area contributed by atoms with Crippen LogP contribution in [0.2, 0.25) is 0 Å². The van der Waals surface area contributed by atoms with Crippen molar-refractivity contribution in [2.45, 2.75) is 19.9 Å². The quantitative estimate of drug-likeness (QED) is 0.638. The summed E-state index contributed by atoms with van der Waals surface area (Å²) in [5, 5.41) is 8.15. The van der Waals surface area contributed by atoms with E-state index >= 15 is 0 Å². The minimum atomic E-state index is -0.0492. The number of benzene rings is 1. The summed E-state index contributed by atoms with van der Waals surface area (Å²) < 4.78 is 5.52. The third-order valence-corrected chi connectivity index (χ3v) is 7.06. The molecule has 1 atom stereocenters. The summed E-state index contributed by atoms with van der Waals surface area (Å²) >= 11 is 3.10. The zero-order valence-electron chi connectivity index (χ0n) is 16.7. The molecule has 1 aromatic carbocycles. The molecule has 1 saturated heterocycles. The van der Waals surface area contributed by atoms with E-state index in [9.17, 15) is 4.79 Å². The summed E-state index contributed by atoms with van der Waals surface area (Å²) in [6.07, 6.45) is 0. The van der Waals surface area contributed by atoms with E-state index in [1.54, 1.807) is 11.3 Å². The fraction of sp³-hybridized carbons (Fsp3) is 0.364. The lowest BCUT2D eigenvalue weighted by Crippen LogP contribution is -2.43. The molecule has 1 aliphatic rings. The highest BCUT2D eigenvalue weighted by Gasteiger charge is 2.24. The Hall–Kier alpha value is -2.06. The van der Waals surface area contributed by atoms with Crippen molar-refractivity contribution < 1.29 is 9.53 Å². The monoisotopic (exact) mass is 427 g/mol. The molecule has 0 spiro atoms. The predicted molar refractivity (Wildman–Crippen MR) is 119 cm³/mol. The first-order valence-corrected chi connectivity index (χ1v) is 11.5. The summed E-state index contributed by atoms with van der Waals surface area (Å²) in [6, 6.07) is 10.8. The molecule has 3 aromatic rings. The van der Waals surface area contributed by atoms with Gasteiger partial charge >= 0.3 is 0 Å². The molecule has 0 radical (unpaired) electrons. The van der Waals surface area contributed by atoms with Gasteiger partial charge in [0.1, 0.15) is 9.88 Å². The molecule has 1 N–H and O–H groups in total. The van der Waals surface area contributed by atoms with Gasteiger partial charge in [-0.15, -0.1) is 11.3 Å². The number of carbonyl (C=O) groups excluding carboxylic acids is 1. The molecule has 7 heteroatoms. The van der Waals surface area contributed by atoms with Crippen LogP contribution in [0.5, 0.6) is 0 Å². The molecule has 0 bridgehead atoms. The second kappa shape index (κ2) is 9.17. The second-order valence-electron chi connectivity index (χ2n) is 7.23. The van der Waals surface area contributed by atoms with Crippen molar-refractivity contribution in [2.75, 3.05) is 32.8 Å². The third kappa shape index (κ3) is 4.75. The van der Waals surface area contributed by atoms with E-state index in [1.807, 2.05) is 18.4 Å². The Balaban J connectivity index is 1.49. The molecular weight excluding hydrogens is 402 g/mol. The maximum atomic E-state index is 12.9. The number of hydrogen-bond acceptors (Lipinski definition) is 6. The Morgan fingerprint density at radius 1 is 1.21 bits per heavy atom. The van der Waals surface area contributed by atoms with Gasteiger partial charge in [-0.05, 0) is 30.9 Å². The number of rotatable bonds is 6. The molecule has 1 unspecified atom stereocenters. The van der Waals surface area contributed by atoms with Crippen LogP contribution in [0.25, 0.3) is 10.6 Å². The molecule has 0 saturated carbocycles. The Morgan fingerprint density at radius 3 is 2.66 bits per heavy atom. The summed E-state index contributed by atoms with van der Waals surface area (Å²) in [4.78, 5) is 20.6. The van der Waals surface area contributed by atoms with Gasteiger partial charge in [-0.2, -0.15) is 11.3 Å². The first-order chi connectivity index (χ1) is 14.1. The lowest BCUT2D eigenvalue weighted by atomic mass is 10.0. The van der Waals surface area contributed by atoms with Gasteiger partial charge in [-0.25, -0.2) is 4.98 Å². The number of aryl methyl sites for hydroxylation is 2. The van der Waals surface area contributed by atoms with Gasteiger partial charge in [0, 0.05) is 30.6 Å². The maximum absolute atomic E-state index is 12.9. The van der Waals surface area contributed by atoms with Gasteiger partial charge in [0.25, 0.3) is 5.91 Å². The summed E-state index contributed by atoms with van der Waals surface area (Å²) in [5.41, 5.74) is 4.32. The minimum absolute atomic E-state index is 0.0492. The molecule has 3 heterocycles. The number of aromatic nitrogens is 1. The van der Waals surface area contributed by atoms with E-state index < -0.39 is 0 Å². The van der Waals surface area contributed by atoms with Crippen molar-refractivity contribution in [3.05, 3.63) is 62.8 Å². The zero-order chi connectivity index (χ0) is 20.2. The third-order valence-electron chi connectivity index (χ3n) is 5.18. The molecule has 29 heavy (non-hydrogen) atoms. The normalized spacial score (nSPS) is 15.9. The Morgan fingerprint density at radius 2 is 1.97 bits per heavy atom. The highest BCUT2D eigenvalue weighted by molar-refractivity contribution is 7.17. The molecule has 152 valence electrons. The van der Waals surface area contributed by atoms with Gasteiger partial charge in [-0.1, -0.05) is 29.8 Å². The van der Waals surface area contributed by atoms with E-state index in [-0.39, 0.29) is 11.9 Å². The number of thiazole rings is 1. The minimum Gasteiger partial charge on any atom is -0.379 e. The number of morpholine rings is 1. The summed E-state index contributed by atoms with van der Waals surface area (Å²) in [7, 11) is 0.